The van der Waals surface area contributed by atoms with E-state index in [0.717, 1.165) is 45.2 Å². The fraction of sp³-hybridized carbons (Fsp3) is 0.867. The van der Waals surface area contributed by atoms with E-state index in [-0.39, 0.29) is 48.7 Å². The number of amides is 1. The molecule has 0 spiro atoms. The van der Waals surface area contributed by atoms with E-state index in [1.54, 1.807) is 19.0 Å². The van der Waals surface area contributed by atoms with Gasteiger partial charge in [-0.3, -0.25) is 14.5 Å². The number of unbranched alkanes of at least 4 members (excludes halogenated alkanes) is 1. The van der Waals surface area contributed by atoms with Crippen molar-refractivity contribution in [3.8, 4) is 0 Å². The Morgan fingerprint density at radius 1 is 1.30 bits per heavy atom. The normalized spacial score (nSPS) is 18.5. The Balaban J connectivity index is 0. The summed E-state index contributed by atoms with van der Waals surface area (Å²) in [5.74, 6) is -0.345. The molecule has 0 N–H and O–H groups in total. The molecule has 0 bridgehead atoms. The molecular formula is C15H29BCl2N2O3. The lowest BCUT2D eigenvalue weighted by Crippen LogP contribution is -2.43. The van der Waals surface area contributed by atoms with Gasteiger partial charge in [0.15, 0.2) is 0 Å². The highest BCUT2D eigenvalue weighted by atomic mass is 35.5. The van der Waals surface area contributed by atoms with E-state index in [9.17, 15) is 9.59 Å². The van der Waals surface area contributed by atoms with Crippen LogP contribution >= 0.6 is 24.8 Å². The highest BCUT2D eigenvalue weighted by molar-refractivity contribution is 6.05. The number of halogens is 2. The smallest absolute Gasteiger partial charge is 0.378 e. The zero-order valence-corrected chi connectivity index (χ0v) is 16.0. The molecule has 1 fully saturated rings. The molecule has 1 rings (SSSR count). The zero-order valence-electron chi connectivity index (χ0n) is 14.3. The average Bonchev–Trinajstić information content (AvgIpc) is 2.94. The Labute approximate surface area is 153 Å². The van der Waals surface area contributed by atoms with Crippen molar-refractivity contribution in [1.29, 1.82) is 0 Å². The quantitative estimate of drug-likeness (QED) is 0.618. The number of rotatable bonds is 8. The van der Waals surface area contributed by atoms with Gasteiger partial charge < -0.3 is 9.55 Å². The predicted octanol–water partition coefficient (Wildman–Crippen LogP) is 2.21. The molecule has 5 nitrogen and oxygen atoms in total. The number of carbonyl (C=O) groups excluding carboxylic acids is 2. The minimum atomic E-state index is -0.335. The monoisotopic (exact) mass is 366 g/mol. The van der Waals surface area contributed by atoms with Crippen molar-refractivity contribution in [1.82, 2.24) is 9.80 Å². The Morgan fingerprint density at radius 2 is 1.96 bits per heavy atom. The van der Waals surface area contributed by atoms with Gasteiger partial charge in [0, 0.05) is 14.1 Å². The van der Waals surface area contributed by atoms with E-state index in [2.05, 4.69) is 16.5 Å². The van der Waals surface area contributed by atoms with Crippen molar-refractivity contribution in [3.05, 3.63) is 0 Å². The lowest BCUT2D eigenvalue weighted by Gasteiger charge is -2.27. The van der Waals surface area contributed by atoms with Crippen LogP contribution in [0.25, 0.3) is 0 Å². The van der Waals surface area contributed by atoms with Gasteiger partial charge in [-0.1, -0.05) is 19.8 Å². The van der Waals surface area contributed by atoms with Gasteiger partial charge in [-0.25, -0.2) is 0 Å². The third-order valence-corrected chi connectivity index (χ3v) is 4.21. The summed E-state index contributed by atoms with van der Waals surface area (Å²) in [6.45, 7) is 3.76. The Bertz CT molecular complexity index is 360. The minimum absolute atomic E-state index is 0. The molecule has 1 heterocycles. The number of hydrogen-bond acceptors (Lipinski definition) is 4. The number of likely N-dealkylation sites (tertiary alicyclic amines) is 1. The predicted molar refractivity (Wildman–Crippen MR) is 97.3 cm³/mol. The van der Waals surface area contributed by atoms with Crippen molar-refractivity contribution in [3.63, 3.8) is 0 Å². The molecule has 23 heavy (non-hydrogen) atoms. The first-order chi connectivity index (χ1) is 10.0. The van der Waals surface area contributed by atoms with E-state index in [1.807, 2.05) is 0 Å². The second-order valence-corrected chi connectivity index (χ2v) is 5.99. The molecule has 134 valence electrons. The van der Waals surface area contributed by atoms with Crippen LogP contribution in [0.3, 0.4) is 0 Å². The zero-order chi connectivity index (χ0) is 15.8. The largest absolute Gasteiger partial charge is 0.543 e. The third kappa shape index (κ3) is 7.77. The second kappa shape index (κ2) is 12.9. The molecule has 1 saturated heterocycles. The van der Waals surface area contributed by atoms with Crippen LogP contribution in [-0.4, -0.2) is 63.0 Å². The summed E-state index contributed by atoms with van der Waals surface area (Å²) in [5, 5.41) is 0. The second-order valence-electron chi connectivity index (χ2n) is 5.99. The van der Waals surface area contributed by atoms with Crippen LogP contribution in [0.1, 0.15) is 45.4 Å². The number of hydrogen-bond donors (Lipinski definition) is 0. The lowest BCUT2D eigenvalue weighted by atomic mass is 9.98. The van der Waals surface area contributed by atoms with Gasteiger partial charge in [0.25, 0.3) is 5.97 Å². The molecule has 1 amide bonds. The fourth-order valence-electron chi connectivity index (χ4n) is 2.92. The van der Waals surface area contributed by atoms with Gasteiger partial charge in [0.2, 0.25) is 5.91 Å². The third-order valence-electron chi connectivity index (χ3n) is 4.21. The van der Waals surface area contributed by atoms with Crippen LogP contribution < -0.4 is 0 Å². The maximum Gasteiger partial charge on any atom is 0.378 e. The van der Waals surface area contributed by atoms with Crippen molar-refractivity contribution < 1.29 is 14.2 Å². The minimum Gasteiger partial charge on any atom is -0.543 e. The molecule has 0 saturated carbocycles. The van der Waals surface area contributed by atoms with Crippen LogP contribution in [0.4, 0.5) is 0 Å². The molecule has 2 atom stereocenters. The van der Waals surface area contributed by atoms with Gasteiger partial charge >= 0.3 is 8.05 Å². The highest BCUT2D eigenvalue weighted by Crippen LogP contribution is 2.22. The molecular weight excluding hydrogens is 338 g/mol. The summed E-state index contributed by atoms with van der Waals surface area (Å²) < 4.78 is 4.40. The first kappa shape index (κ1) is 24.8. The standard InChI is InChI=1S/C15H27BN2O3.2ClH/c1-4-5-7-12(15(20)21-16)9-11-18-10-6-8-13(18)14(19)17(2)3;;/h12-13H,4-11H2,1-3H3;2*1H/t12?,13-;;/m0../s1. The topological polar surface area (TPSA) is 49.9 Å². The van der Waals surface area contributed by atoms with E-state index in [1.165, 1.54) is 0 Å². The Hall–Kier alpha value is -0.455. The molecule has 0 aromatic carbocycles. The van der Waals surface area contributed by atoms with Crippen molar-refractivity contribution in [2.24, 2.45) is 5.92 Å². The lowest BCUT2D eigenvalue weighted by molar-refractivity contribution is -0.139. The summed E-state index contributed by atoms with van der Waals surface area (Å²) in [6.07, 6.45) is 5.46. The first-order valence-corrected chi connectivity index (χ1v) is 7.87. The SMILES string of the molecule is Cl.Cl.[B]OC(=O)C(CCCC)CCN1CCC[C@H]1C(=O)N(C)C. The summed E-state index contributed by atoms with van der Waals surface area (Å²) in [4.78, 5) is 27.7. The Morgan fingerprint density at radius 3 is 2.48 bits per heavy atom. The van der Waals surface area contributed by atoms with Crippen molar-refractivity contribution in [2.45, 2.75) is 51.5 Å². The fourth-order valence-corrected chi connectivity index (χ4v) is 2.92. The van der Waals surface area contributed by atoms with Gasteiger partial charge in [-0.15, -0.1) is 24.8 Å². The van der Waals surface area contributed by atoms with Crippen LogP contribution in [0, 0.1) is 5.92 Å². The van der Waals surface area contributed by atoms with E-state index in [4.69, 9.17) is 8.05 Å². The molecule has 1 aliphatic rings. The maximum absolute atomic E-state index is 12.1. The van der Waals surface area contributed by atoms with E-state index >= 15 is 0 Å². The summed E-state index contributed by atoms with van der Waals surface area (Å²) in [6, 6.07) is -0.0410. The van der Waals surface area contributed by atoms with Crippen LogP contribution in [0.5, 0.6) is 0 Å². The van der Waals surface area contributed by atoms with Gasteiger partial charge in [0.05, 0.1) is 12.0 Å². The van der Waals surface area contributed by atoms with Crippen LogP contribution in [0.2, 0.25) is 0 Å². The number of carbonyl (C=O) groups is 2. The summed E-state index contributed by atoms with van der Waals surface area (Å²) in [5.41, 5.74) is 0. The average molecular weight is 367 g/mol. The maximum atomic E-state index is 12.1. The first-order valence-electron chi connectivity index (χ1n) is 7.87. The van der Waals surface area contributed by atoms with Crippen molar-refractivity contribution >= 4 is 44.7 Å². The van der Waals surface area contributed by atoms with Gasteiger partial charge in [-0.2, -0.15) is 0 Å². The molecule has 2 radical (unpaired) electrons. The molecule has 0 aromatic rings. The van der Waals surface area contributed by atoms with Crippen LogP contribution in [0.15, 0.2) is 0 Å². The van der Waals surface area contributed by atoms with E-state index in [0.29, 0.717) is 6.42 Å². The highest BCUT2D eigenvalue weighted by Gasteiger charge is 2.32. The molecule has 1 aliphatic heterocycles. The van der Waals surface area contributed by atoms with Crippen LogP contribution in [-0.2, 0) is 14.2 Å². The summed E-state index contributed by atoms with van der Waals surface area (Å²) in [7, 11) is 8.59. The van der Waals surface area contributed by atoms with Gasteiger partial charge in [-0.05, 0) is 38.8 Å². The number of nitrogens with zero attached hydrogens (tertiary/aromatic N) is 2. The van der Waals surface area contributed by atoms with E-state index < -0.39 is 0 Å². The molecule has 8 heteroatoms. The van der Waals surface area contributed by atoms with Crippen molar-refractivity contribution in [2.75, 3.05) is 27.2 Å². The molecule has 1 unspecified atom stereocenters. The Kier molecular flexibility index (Phi) is 13.9. The molecule has 0 aromatic heterocycles. The molecule has 0 aliphatic carbocycles. The number of likely N-dealkylation sites (N-methyl/N-ethyl adjacent to an activating group) is 1. The summed E-state index contributed by atoms with van der Waals surface area (Å²) >= 11 is 0. The van der Waals surface area contributed by atoms with Gasteiger partial charge in [0.1, 0.15) is 0 Å².